The molecule has 0 spiro atoms. The average molecular weight is 347 g/mol. The number of nitrogens with one attached hydrogen (secondary N) is 1. The molecule has 0 fully saturated rings. The maximum atomic E-state index is 12.6. The van der Waals surface area contributed by atoms with Gasteiger partial charge in [0.1, 0.15) is 0 Å². The zero-order valence-electron chi connectivity index (χ0n) is 13.0. The molecule has 22 heavy (non-hydrogen) atoms. The fourth-order valence-corrected chi connectivity index (χ4v) is 3.82. The molecule has 0 heterocycles. The summed E-state index contributed by atoms with van der Waals surface area (Å²) >= 11 is 5.50. The van der Waals surface area contributed by atoms with E-state index in [0.29, 0.717) is 18.8 Å². The Hall–Kier alpha value is -1.11. The molecule has 0 saturated heterocycles. The highest BCUT2D eigenvalue weighted by molar-refractivity contribution is 7.89. The molecule has 0 aliphatic carbocycles. The number of nitrogens with zero attached hydrogens (tertiary/aromatic N) is 1. The molecule has 1 rings (SSSR count). The molecule has 0 aliphatic rings. The maximum absolute atomic E-state index is 12.6. The SMILES string of the molecule is CCCN(CCC)S(=O)(=O)c1ccc(NC(=O)CCCl)cc1. The van der Waals surface area contributed by atoms with Crippen LogP contribution in [-0.2, 0) is 14.8 Å². The first kappa shape index (κ1) is 18.9. The van der Waals surface area contributed by atoms with Crippen molar-refractivity contribution < 1.29 is 13.2 Å². The monoisotopic (exact) mass is 346 g/mol. The molecule has 1 aromatic carbocycles. The van der Waals surface area contributed by atoms with E-state index in [1.54, 1.807) is 12.1 Å². The third-order valence-electron chi connectivity index (χ3n) is 3.04. The highest BCUT2D eigenvalue weighted by Gasteiger charge is 2.22. The minimum atomic E-state index is -3.48. The van der Waals surface area contributed by atoms with Crippen molar-refractivity contribution in [2.75, 3.05) is 24.3 Å². The lowest BCUT2D eigenvalue weighted by Crippen LogP contribution is -2.32. The van der Waals surface area contributed by atoms with Gasteiger partial charge in [0.25, 0.3) is 0 Å². The van der Waals surface area contributed by atoms with Crippen LogP contribution in [0.25, 0.3) is 0 Å². The Morgan fingerprint density at radius 1 is 1.14 bits per heavy atom. The third kappa shape index (κ3) is 5.26. The van der Waals surface area contributed by atoms with Crippen LogP contribution >= 0.6 is 11.6 Å². The Morgan fingerprint density at radius 2 is 1.68 bits per heavy atom. The lowest BCUT2D eigenvalue weighted by molar-refractivity contribution is -0.115. The quantitative estimate of drug-likeness (QED) is 0.699. The number of halogens is 1. The number of hydrogen-bond acceptors (Lipinski definition) is 3. The van der Waals surface area contributed by atoms with E-state index in [1.165, 1.54) is 16.4 Å². The Balaban J connectivity index is 2.89. The molecule has 1 aromatic rings. The number of carbonyl (C=O) groups is 1. The minimum Gasteiger partial charge on any atom is -0.326 e. The van der Waals surface area contributed by atoms with Crippen molar-refractivity contribution in [3.8, 4) is 0 Å². The zero-order valence-corrected chi connectivity index (χ0v) is 14.6. The van der Waals surface area contributed by atoms with Crippen LogP contribution in [0.3, 0.4) is 0 Å². The summed E-state index contributed by atoms with van der Waals surface area (Å²) in [5, 5.41) is 2.67. The first-order chi connectivity index (χ1) is 10.5. The van der Waals surface area contributed by atoms with Crippen molar-refractivity contribution in [3.05, 3.63) is 24.3 Å². The number of hydrogen-bond donors (Lipinski definition) is 1. The van der Waals surface area contributed by atoms with E-state index in [4.69, 9.17) is 11.6 Å². The van der Waals surface area contributed by atoms with E-state index in [9.17, 15) is 13.2 Å². The molecule has 0 atom stereocenters. The third-order valence-corrected chi connectivity index (χ3v) is 5.15. The number of rotatable bonds is 9. The van der Waals surface area contributed by atoms with Crippen molar-refractivity contribution in [2.24, 2.45) is 0 Å². The first-order valence-corrected chi connectivity index (χ1v) is 9.39. The van der Waals surface area contributed by atoms with E-state index in [1.807, 2.05) is 13.8 Å². The molecule has 0 bridgehead atoms. The van der Waals surface area contributed by atoms with Gasteiger partial charge in [-0.2, -0.15) is 4.31 Å². The van der Waals surface area contributed by atoms with Gasteiger partial charge in [-0.25, -0.2) is 8.42 Å². The van der Waals surface area contributed by atoms with Gasteiger partial charge in [0.15, 0.2) is 0 Å². The predicted octanol–water partition coefficient (Wildman–Crippen LogP) is 3.06. The highest BCUT2D eigenvalue weighted by Crippen LogP contribution is 2.19. The first-order valence-electron chi connectivity index (χ1n) is 7.41. The molecular weight excluding hydrogens is 324 g/mol. The van der Waals surface area contributed by atoms with Crippen molar-refractivity contribution in [2.45, 2.75) is 38.0 Å². The topological polar surface area (TPSA) is 66.5 Å². The van der Waals surface area contributed by atoms with Gasteiger partial charge < -0.3 is 5.32 Å². The Morgan fingerprint density at radius 3 is 2.14 bits per heavy atom. The average Bonchev–Trinajstić information content (AvgIpc) is 2.48. The van der Waals surface area contributed by atoms with E-state index in [-0.39, 0.29) is 23.1 Å². The Bertz CT molecular complexity index is 567. The number of carbonyl (C=O) groups excluding carboxylic acids is 1. The standard InChI is InChI=1S/C15H23ClN2O3S/c1-3-11-18(12-4-2)22(20,21)14-7-5-13(6-8-14)17-15(19)9-10-16/h5-8H,3-4,9-12H2,1-2H3,(H,17,19). The van der Waals surface area contributed by atoms with Gasteiger partial charge >= 0.3 is 0 Å². The van der Waals surface area contributed by atoms with Crippen LogP contribution in [0.2, 0.25) is 0 Å². The van der Waals surface area contributed by atoms with E-state index >= 15 is 0 Å². The number of alkyl halides is 1. The molecule has 0 aliphatic heterocycles. The maximum Gasteiger partial charge on any atom is 0.243 e. The number of anilines is 1. The van der Waals surface area contributed by atoms with Crippen molar-refractivity contribution >= 4 is 33.2 Å². The van der Waals surface area contributed by atoms with Gasteiger partial charge in [-0.3, -0.25) is 4.79 Å². The summed E-state index contributed by atoms with van der Waals surface area (Å²) in [4.78, 5) is 11.7. The van der Waals surface area contributed by atoms with Crippen LogP contribution < -0.4 is 5.32 Å². The molecule has 0 unspecified atom stereocenters. The minimum absolute atomic E-state index is 0.191. The van der Waals surface area contributed by atoms with Gasteiger partial charge in [0.2, 0.25) is 15.9 Å². The smallest absolute Gasteiger partial charge is 0.243 e. The van der Waals surface area contributed by atoms with E-state index in [2.05, 4.69) is 5.32 Å². The fourth-order valence-electron chi connectivity index (χ4n) is 2.02. The van der Waals surface area contributed by atoms with E-state index in [0.717, 1.165) is 12.8 Å². The Labute approximate surface area is 137 Å². The molecule has 1 amide bonds. The van der Waals surface area contributed by atoms with Crippen molar-refractivity contribution in [1.82, 2.24) is 4.31 Å². The van der Waals surface area contributed by atoms with Gasteiger partial charge in [0.05, 0.1) is 4.90 Å². The second-order valence-corrected chi connectivity index (χ2v) is 7.23. The largest absolute Gasteiger partial charge is 0.326 e. The number of benzene rings is 1. The lowest BCUT2D eigenvalue weighted by atomic mass is 10.3. The van der Waals surface area contributed by atoms with Gasteiger partial charge in [0, 0.05) is 31.1 Å². The van der Waals surface area contributed by atoms with Crippen molar-refractivity contribution in [3.63, 3.8) is 0 Å². The van der Waals surface area contributed by atoms with Crippen LogP contribution in [0.1, 0.15) is 33.1 Å². The summed E-state index contributed by atoms with van der Waals surface area (Å²) in [7, 11) is -3.48. The zero-order chi connectivity index (χ0) is 16.6. The summed E-state index contributed by atoms with van der Waals surface area (Å²) in [5.74, 6) is 0.0607. The second kappa shape index (κ2) is 9.12. The molecule has 0 aromatic heterocycles. The molecule has 5 nitrogen and oxygen atoms in total. The predicted molar refractivity (Wildman–Crippen MR) is 89.7 cm³/mol. The highest BCUT2D eigenvalue weighted by atomic mass is 35.5. The molecule has 1 N–H and O–H groups in total. The molecule has 7 heteroatoms. The van der Waals surface area contributed by atoms with Crippen LogP contribution in [0.5, 0.6) is 0 Å². The van der Waals surface area contributed by atoms with Gasteiger partial charge in [-0.05, 0) is 37.1 Å². The molecule has 0 saturated carbocycles. The van der Waals surface area contributed by atoms with Gasteiger partial charge in [-0.1, -0.05) is 13.8 Å². The Kier molecular flexibility index (Phi) is 7.85. The van der Waals surface area contributed by atoms with Crippen LogP contribution in [0, 0.1) is 0 Å². The van der Waals surface area contributed by atoms with Gasteiger partial charge in [-0.15, -0.1) is 11.6 Å². The molecular formula is C15H23ClN2O3S. The lowest BCUT2D eigenvalue weighted by Gasteiger charge is -2.21. The molecule has 0 radical (unpaired) electrons. The van der Waals surface area contributed by atoms with Crippen LogP contribution in [0.15, 0.2) is 29.2 Å². The summed E-state index contributed by atoms with van der Waals surface area (Å²) in [5.41, 5.74) is 0.562. The summed E-state index contributed by atoms with van der Waals surface area (Å²) < 4.78 is 26.6. The summed E-state index contributed by atoms with van der Waals surface area (Å²) in [6, 6.07) is 6.22. The van der Waals surface area contributed by atoms with Crippen LogP contribution in [-0.4, -0.2) is 37.6 Å². The normalized spacial score (nSPS) is 11.6. The van der Waals surface area contributed by atoms with Crippen LogP contribution in [0.4, 0.5) is 5.69 Å². The summed E-state index contributed by atoms with van der Waals surface area (Å²) in [6.45, 7) is 4.91. The molecule has 124 valence electrons. The number of sulfonamides is 1. The second-order valence-electron chi connectivity index (χ2n) is 4.92. The number of amides is 1. The summed E-state index contributed by atoms with van der Waals surface area (Å²) in [6.07, 6.45) is 1.76. The fraction of sp³-hybridized carbons (Fsp3) is 0.533. The van der Waals surface area contributed by atoms with E-state index < -0.39 is 10.0 Å². The van der Waals surface area contributed by atoms with Crippen molar-refractivity contribution in [1.29, 1.82) is 0 Å².